The van der Waals surface area contributed by atoms with Crippen molar-refractivity contribution in [1.82, 2.24) is 9.46 Å². The fourth-order valence-electron chi connectivity index (χ4n) is 2.26. The van der Waals surface area contributed by atoms with E-state index in [9.17, 15) is 12.8 Å². The van der Waals surface area contributed by atoms with Gasteiger partial charge in [-0.15, -0.1) is 0 Å². The van der Waals surface area contributed by atoms with Crippen molar-refractivity contribution in [2.75, 3.05) is 17.8 Å². The number of hydrogen-bond donors (Lipinski definition) is 1. The molecule has 0 aliphatic carbocycles. The first kappa shape index (κ1) is 13.3. The van der Waals surface area contributed by atoms with Crippen molar-refractivity contribution in [2.24, 2.45) is 0 Å². The quantitative estimate of drug-likeness (QED) is 0.939. The number of hydrogen-bond acceptors (Lipinski definition) is 4. The Labute approximate surface area is 115 Å². The second-order valence-corrected chi connectivity index (χ2v) is 6.40. The molecule has 0 radical (unpaired) electrons. The van der Waals surface area contributed by atoms with E-state index in [2.05, 4.69) is 9.88 Å². The summed E-state index contributed by atoms with van der Waals surface area (Å²) in [4.78, 5) is 0. The zero-order valence-electron chi connectivity index (χ0n) is 10.6. The van der Waals surface area contributed by atoms with Crippen LogP contribution in [-0.4, -0.2) is 37.1 Å². The van der Waals surface area contributed by atoms with Gasteiger partial charge in [-0.25, -0.2) is 4.39 Å². The van der Waals surface area contributed by atoms with Crippen LogP contribution in [0.5, 0.6) is 0 Å². The van der Waals surface area contributed by atoms with E-state index in [0.717, 1.165) is 4.31 Å². The molecule has 1 aromatic heterocycles. The number of alkyl halides is 1. The molecule has 8 heteroatoms. The van der Waals surface area contributed by atoms with Crippen LogP contribution in [0.1, 0.15) is 12.8 Å². The van der Waals surface area contributed by atoms with Crippen LogP contribution in [0.15, 0.2) is 28.8 Å². The molecule has 1 saturated heterocycles. The van der Waals surface area contributed by atoms with Gasteiger partial charge in [0.25, 0.3) is 0 Å². The molecule has 1 aliphatic heterocycles. The second-order valence-electron chi connectivity index (χ2n) is 4.73. The SMILES string of the molecule is O=S(=O)(Nc1noc2ccccc12)N1CCCC(F)C1. The number of aromatic nitrogens is 1. The maximum Gasteiger partial charge on any atom is 0.303 e. The van der Waals surface area contributed by atoms with Crippen LogP contribution in [0.25, 0.3) is 11.0 Å². The van der Waals surface area contributed by atoms with E-state index >= 15 is 0 Å². The molecule has 2 heterocycles. The summed E-state index contributed by atoms with van der Waals surface area (Å²) in [6.07, 6.45) is -0.199. The summed E-state index contributed by atoms with van der Waals surface area (Å²) < 4.78 is 46.2. The molecular weight excluding hydrogens is 285 g/mol. The third-order valence-electron chi connectivity index (χ3n) is 3.27. The van der Waals surface area contributed by atoms with Gasteiger partial charge >= 0.3 is 10.2 Å². The van der Waals surface area contributed by atoms with Crippen LogP contribution in [-0.2, 0) is 10.2 Å². The molecule has 0 spiro atoms. The number of fused-ring (bicyclic) bond motifs is 1. The van der Waals surface area contributed by atoms with E-state index in [1.54, 1.807) is 24.3 Å². The highest BCUT2D eigenvalue weighted by Crippen LogP contribution is 2.24. The smallest absolute Gasteiger partial charge is 0.303 e. The zero-order valence-corrected chi connectivity index (χ0v) is 11.4. The first-order valence-electron chi connectivity index (χ1n) is 6.32. The molecule has 0 saturated carbocycles. The molecular formula is C12H14FN3O3S. The number of anilines is 1. The largest absolute Gasteiger partial charge is 0.354 e. The summed E-state index contributed by atoms with van der Waals surface area (Å²) >= 11 is 0. The normalized spacial score (nSPS) is 21.1. The number of halogens is 1. The standard InChI is InChI=1S/C12H14FN3O3S/c13-9-4-3-7-16(8-9)20(17,18)15-12-10-5-1-2-6-11(10)19-14-12/h1-2,5-6,9H,3-4,7-8H2,(H,14,15). The Bertz CT molecular complexity index is 716. The van der Waals surface area contributed by atoms with Gasteiger partial charge in [-0.2, -0.15) is 12.7 Å². The Morgan fingerprint density at radius 3 is 3.00 bits per heavy atom. The van der Waals surface area contributed by atoms with E-state index in [1.165, 1.54) is 0 Å². The Morgan fingerprint density at radius 1 is 1.40 bits per heavy atom. The second kappa shape index (κ2) is 5.02. The number of nitrogens with zero attached hydrogens (tertiary/aromatic N) is 2. The van der Waals surface area contributed by atoms with Gasteiger partial charge in [0.2, 0.25) is 0 Å². The van der Waals surface area contributed by atoms with Gasteiger partial charge < -0.3 is 4.52 Å². The fourth-order valence-corrected chi connectivity index (χ4v) is 3.51. The van der Waals surface area contributed by atoms with E-state index in [1.807, 2.05) is 0 Å². The number of piperidine rings is 1. The maximum atomic E-state index is 13.3. The lowest BCUT2D eigenvalue weighted by molar-refractivity contribution is 0.203. The first-order valence-corrected chi connectivity index (χ1v) is 7.76. The van der Waals surface area contributed by atoms with Crippen LogP contribution in [0, 0.1) is 0 Å². The highest BCUT2D eigenvalue weighted by atomic mass is 32.2. The van der Waals surface area contributed by atoms with Crippen LogP contribution in [0.4, 0.5) is 10.2 Å². The lowest BCUT2D eigenvalue weighted by Crippen LogP contribution is -2.43. The van der Waals surface area contributed by atoms with Crippen molar-refractivity contribution in [3.8, 4) is 0 Å². The number of benzene rings is 1. The Kier molecular flexibility index (Phi) is 3.35. The van der Waals surface area contributed by atoms with Crippen LogP contribution in [0.3, 0.4) is 0 Å². The molecule has 1 aliphatic rings. The van der Waals surface area contributed by atoms with Crippen molar-refractivity contribution in [3.05, 3.63) is 24.3 Å². The van der Waals surface area contributed by atoms with Crippen LogP contribution < -0.4 is 4.72 Å². The Morgan fingerprint density at radius 2 is 2.20 bits per heavy atom. The number of rotatable bonds is 3. The van der Waals surface area contributed by atoms with Gasteiger partial charge in [0, 0.05) is 13.1 Å². The summed E-state index contributed by atoms with van der Waals surface area (Å²) in [6, 6.07) is 6.93. The molecule has 6 nitrogen and oxygen atoms in total. The molecule has 1 aromatic carbocycles. The highest BCUT2D eigenvalue weighted by Gasteiger charge is 2.29. The maximum absolute atomic E-state index is 13.3. The summed E-state index contributed by atoms with van der Waals surface area (Å²) in [7, 11) is -3.81. The van der Waals surface area contributed by atoms with Crippen molar-refractivity contribution in [1.29, 1.82) is 0 Å². The van der Waals surface area contributed by atoms with E-state index in [0.29, 0.717) is 30.4 Å². The summed E-state index contributed by atoms with van der Waals surface area (Å²) in [5, 5.41) is 4.28. The van der Waals surface area contributed by atoms with Crippen molar-refractivity contribution < 1.29 is 17.3 Å². The molecule has 0 amide bonds. The van der Waals surface area contributed by atoms with E-state index < -0.39 is 16.4 Å². The number of para-hydroxylation sites is 1. The Balaban J connectivity index is 1.86. The van der Waals surface area contributed by atoms with E-state index in [-0.39, 0.29) is 12.4 Å². The highest BCUT2D eigenvalue weighted by molar-refractivity contribution is 7.90. The first-order chi connectivity index (χ1) is 9.56. The summed E-state index contributed by atoms with van der Waals surface area (Å²) in [5.41, 5.74) is 0.493. The average molecular weight is 299 g/mol. The summed E-state index contributed by atoms with van der Waals surface area (Å²) in [6.45, 7) is 0.191. The molecule has 108 valence electrons. The van der Waals surface area contributed by atoms with Gasteiger partial charge in [-0.1, -0.05) is 17.3 Å². The predicted molar refractivity (Wildman–Crippen MR) is 72.3 cm³/mol. The molecule has 1 atom stereocenters. The monoisotopic (exact) mass is 299 g/mol. The molecule has 2 aromatic rings. The third-order valence-corrected chi connectivity index (χ3v) is 4.73. The van der Waals surface area contributed by atoms with E-state index in [4.69, 9.17) is 4.52 Å². The summed E-state index contributed by atoms with van der Waals surface area (Å²) in [5.74, 6) is 0.126. The lowest BCUT2D eigenvalue weighted by atomic mass is 10.1. The minimum Gasteiger partial charge on any atom is -0.354 e. The van der Waals surface area contributed by atoms with Crippen molar-refractivity contribution in [2.45, 2.75) is 19.0 Å². The number of nitrogens with one attached hydrogen (secondary N) is 1. The van der Waals surface area contributed by atoms with Crippen LogP contribution >= 0.6 is 0 Å². The van der Waals surface area contributed by atoms with Crippen LogP contribution in [0.2, 0.25) is 0 Å². The molecule has 1 N–H and O–H groups in total. The third kappa shape index (κ3) is 2.48. The van der Waals surface area contributed by atoms with Gasteiger partial charge in [0.15, 0.2) is 11.4 Å². The fraction of sp³-hybridized carbons (Fsp3) is 0.417. The van der Waals surface area contributed by atoms with Gasteiger partial charge in [0.05, 0.1) is 5.39 Å². The molecule has 1 unspecified atom stereocenters. The minimum atomic E-state index is -3.81. The predicted octanol–water partition coefficient (Wildman–Crippen LogP) is 1.92. The van der Waals surface area contributed by atoms with Gasteiger partial charge in [-0.3, -0.25) is 4.72 Å². The molecule has 20 heavy (non-hydrogen) atoms. The lowest BCUT2D eigenvalue weighted by Gasteiger charge is -2.27. The van der Waals surface area contributed by atoms with Crippen molar-refractivity contribution >= 4 is 27.0 Å². The molecule has 0 bridgehead atoms. The zero-order chi connectivity index (χ0) is 14.2. The Hall–Kier alpha value is -1.67. The van der Waals surface area contributed by atoms with Gasteiger partial charge in [-0.05, 0) is 25.0 Å². The van der Waals surface area contributed by atoms with Crippen molar-refractivity contribution in [3.63, 3.8) is 0 Å². The molecule has 1 fully saturated rings. The average Bonchev–Trinajstić information content (AvgIpc) is 2.82. The van der Waals surface area contributed by atoms with Gasteiger partial charge in [0.1, 0.15) is 6.17 Å². The topological polar surface area (TPSA) is 75.4 Å². The molecule has 3 rings (SSSR count). The minimum absolute atomic E-state index is 0.120.